The van der Waals surface area contributed by atoms with Crippen molar-refractivity contribution in [2.75, 3.05) is 26.7 Å². The summed E-state index contributed by atoms with van der Waals surface area (Å²) in [5.74, 6) is 1.01. The molecule has 3 nitrogen and oxygen atoms in total. The fourth-order valence-electron chi connectivity index (χ4n) is 2.77. The lowest BCUT2D eigenvalue weighted by molar-refractivity contribution is 0.118. The molecule has 1 aliphatic heterocycles. The molecule has 1 aromatic rings. The van der Waals surface area contributed by atoms with Crippen LogP contribution in [0, 0.1) is 0 Å². The minimum atomic E-state index is 0.614. The molecule has 18 heavy (non-hydrogen) atoms. The molecule has 0 bridgehead atoms. The minimum absolute atomic E-state index is 0.614. The highest BCUT2D eigenvalue weighted by Gasteiger charge is 2.23. The van der Waals surface area contributed by atoms with Gasteiger partial charge in [-0.1, -0.05) is 18.2 Å². The number of hydrogen-bond donors (Lipinski definition) is 1. The highest BCUT2D eigenvalue weighted by atomic mass is 16.5. The van der Waals surface area contributed by atoms with E-state index in [1.807, 2.05) is 12.1 Å². The molecule has 0 aliphatic carbocycles. The Hall–Kier alpha value is -1.06. The van der Waals surface area contributed by atoms with Gasteiger partial charge in [-0.3, -0.25) is 4.90 Å². The number of para-hydroxylation sites is 1. The second-order valence-electron chi connectivity index (χ2n) is 5.16. The first-order valence-electron chi connectivity index (χ1n) is 6.80. The van der Waals surface area contributed by atoms with E-state index < -0.39 is 0 Å². The summed E-state index contributed by atoms with van der Waals surface area (Å²) >= 11 is 0. The third kappa shape index (κ3) is 3.03. The molecular weight excluding hydrogens is 224 g/mol. The van der Waals surface area contributed by atoms with E-state index in [2.05, 4.69) is 36.2 Å². The standard InChI is InChI=1S/C15H24N2O/c1-12-10-16-11-13(2)17(12)9-8-14-6-4-5-7-15(14)18-3/h4-7,12-13,16H,8-11H2,1-3H3. The lowest BCUT2D eigenvalue weighted by Crippen LogP contribution is -2.55. The van der Waals surface area contributed by atoms with E-state index in [9.17, 15) is 0 Å². The van der Waals surface area contributed by atoms with E-state index in [1.165, 1.54) is 5.56 Å². The molecule has 0 saturated carbocycles. The van der Waals surface area contributed by atoms with E-state index in [-0.39, 0.29) is 0 Å². The number of methoxy groups -OCH3 is 1. The van der Waals surface area contributed by atoms with Crippen LogP contribution in [0.25, 0.3) is 0 Å². The van der Waals surface area contributed by atoms with Crippen molar-refractivity contribution in [2.45, 2.75) is 32.4 Å². The molecule has 1 heterocycles. The summed E-state index contributed by atoms with van der Waals surface area (Å²) in [6, 6.07) is 9.55. The van der Waals surface area contributed by atoms with Gasteiger partial charge in [0.1, 0.15) is 5.75 Å². The zero-order valence-corrected chi connectivity index (χ0v) is 11.6. The van der Waals surface area contributed by atoms with Crippen molar-refractivity contribution in [1.29, 1.82) is 0 Å². The summed E-state index contributed by atoms with van der Waals surface area (Å²) in [4.78, 5) is 2.59. The van der Waals surface area contributed by atoms with Gasteiger partial charge < -0.3 is 10.1 Å². The van der Waals surface area contributed by atoms with E-state index >= 15 is 0 Å². The van der Waals surface area contributed by atoms with Crippen molar-refractivity contribution < 1.29 is 4.74 Å². The molecule has 2 atom stereocenters. The zero-order chi connectivity index (χ0) is 13.0. The smallest absolute Gasteiger partial charge is 0.122 e. The van der Waals surface area contributed by atoms with Crippen molar-refractivity contribution >= 4 is 0 Å². The Morgan fingerprint density at radius 1 is 1.22 bits per heavy atom. The van der Waals surface area contributed by atoms with E-state index in [4.69, 9.17) is 4.74 Å². The highest BCUT2D eigenvalue weighted by Crippen LogP contribution is 2.19. The molecule has 1 fully saturated rings. The van der Waals surface area contributed by atoms with Crippen molar-refractivity contribution in [2.24, 2.45) is 0 Å². The average molecular weight is 248 g/mol. The largest absolute Gasteiger partial charge is 0.496 e. The second-order valence-corrected chi connectivity index (χ2v) is 5.16. The summed E-state index contributed by atoms with van der Waals surface area (Å²) in [5, 5.41) is 3.47. The maximum absolute atomic E-state index is 5.41. The first kappa shape index (κ1) is 13.4. The molecule has 0 amide bonds. The minimum Gasteiger partial charge on any atom is -0.496 e. The Labute approximate surface area is 110 Å². The summed E-state index contributed by atoms with van der Waals surface area (Å²) in [6.45, 7) is 7.88. The van der Waals surface area contributed by atoms with Gasteiger partial charge in [-0.05, 0) is 31.9 Å². The van der Waals surface area contributed by atoms with Gasteiger partial charge in [-0.2, -0.15) is 0 Å². The first-order valence-corrected chi connectivity index (χ1v) is 6.80. The zero-order valence-electron chi connectivity index (χ0n) is 11.6. The van der Waals surface area contributed by atoms with Crippen LogP contribution < -0.4 is 10.1 Å². The number of piperazine rings is 1. The summed E-state index contributed by atoms with van der Waals surface area (Å²) < 4.78 is 5.41. The van der Waals surface area contributed by atoms with Gasteiger partial charge in [0.25, 0.3) is 0 Å². The van der Waals surface area contributed by atoms with Crippen LogP contribution in [0.15, 0.2) is 24.3 Å². The molecule has 0 radical (unpaired) electrons. The van der Waals surface area contributed by atoms with Crippen LogP contribution in [-0.2, 0) is 6.42 Å². The molecular formula is C15H24N2O. The Morgan fingerprint density at radius 2 is 1.89 bits per heavy atom. The van der Waals surface area contributed by atoms with Crippen LogP contribution >= 0.6 is 0 Å². The lowest BCUT2D eigenvalue weighted by atomic mass is 10.1. The molecule has 1 aromatic carbocycles. The van der Waals surface area contributed by atoms with Crippen molar-refractivity contribution in [3.63, 3.8) is 0 Å². The summed E-state index contributed by atoms with van der Waals surface area (Å²) in [5.41, 5.74) is 1.30. The monoisotopic (exact) mass is 248 g/mol. The maximum atomic E-state index is 5.41. The Balaban J connectivity index is 1.97. The van der Waals surface area contributed by atoms with Crippen molar-refractivity contribution in [3.05, 3.63) is 29.8 Å². The summed E-state index contributed by atoms with van der Waals surface area (Å²) in [6.07, 6.45) is 1.05. The topological polar surface area (TPSA) is 24.5 Å². The van der Waals surface area contributed by atoms with Crippen LogP contribution in [-0.4, -0.2) is 43.7 Å². The van der Waals surface area contributed by atoms with Gasteiger partial charge in [0.2, 0.25) is 0 Å². The molecule has 100 valence electrons. The number of ether oxygens (including phenoxy) is 1. The first-order chi connectivity index (χ1) is 8.72. The molecule has 0 aromatic heterocycles. The van der Waals surface area contributed by atoms with E-state index in [1.54, 1.807) is 7.11 Å². The van der Waals surface area contributed by atoms with Gasteiger partial charge in [0.05, 0.1) is 7.11 Å². The summed E-state index contributed by atoms with van der Waals surface area (Å²) in [7, 11) is 1.74. The molecule has 1 N–H and O–H groups in total. The highest BCUT2D eigenvalue weighted by molar-refractivity contribution is 5.33. The molecule has 2 unspecified atom stereocenters. The SMILES string of the molecule is COc1ccccc1CCN1C(C)CNCC1C. The molecule has 2 rings (SSSR count). The van der Waals surface area contributed by atoms with Crippen LogP contribution in [0.2, 0.25) is 0 Å². The Bertz CT molecular complexity index is 371. The number of nitrogens with zero attached hydrogens (tertiary/aromatic N) is 1. The van der Waals surface area contributed by atoms with Gasteiger partial charge in [0, 0.05) is 31.7 Å². The van der Waals surface area contributed by atoms with Crippen LogP contribution in [0.5, 0.6) is 5.75 Å². The third-order valence-electron chi connectivity index (χ3n) is 3.84. The van der Waals surface area contributed by atoms with Gasteiger partial charge in [-0.25, -0.2) is 0 Å². The number of rotatable bonds is 4. The maximum Gasteiger partial charge on any atom is 0.122 e. The van der Waals surface area contributed by atoms with Crippen LogP contribution in [0.4, 0.5) is 0 Å². The fraction of sp³-hybridized carbons (Fsp3) is 0.600. The van der Waals surface area contributed by atoms with Crippen molar-refractivity contribution in [3.8, 4) is 5.75 Å². The lowest BCUT2D eigenvalue weighted by Gasteiger charge is -2.39. The predicted molar refractivity (Wildman–Crippen MR) is 75.2 cm³/mol. The number of hydrogen-bond acceptors (Lipinski definition) is 3. The van der Waals surface area contributed by atoms with E-state index in [0.717, 1.165) is 31.8 Å². The predicted octanol–water partition coefficient (Wildman–Crippen LogP) is 1.92. The molecule has 1 saturated heterocycles. The Morgan fingerprint density at radius 3 is 2.56 bits per heavy atom. The van der Waals surface area contributed by atoms with Crippen LogP contribution in [0.3, 0.4) is 0 Å². The number of benzene rings is 1. The normalized spacial score (nSPS) is 25.1. The van der Waals surface area contributed by atoms with E-state index in [0.29, 0.717) is 12.1 Å². The molecule has 0 spiro atoms. The van der Waals surface area contributed by atoms with Crippen molar-refractivity contribution in [1.82, 2.24) is 10.2 Å². The third-order valence-corrected chi connectivity index (χ3v) is 3.84. The van der Waals surface area contributed by atoms with Gasteiger partial charge in [0.15, 0.2) is 0 Å². The van der Waals surface area contributed by atoms with Gasteiger partial charge >= 0.3 is 0 Å². The quantitative estimate of drug-likeness (QED) is 0.881. The average Bonchev–Trinajstić information content (AvgIpc) is 2.38. The second kappa shape index (κ2) is 6.21. The molecule has 3 heteroatoms. The molecule has 1 aliphatic rings. The van der Waals surface area contributed by atoms with Gasteiger partial charge in [-0.15, -0.1) is 0 Å². The number of nitrogens with one attached hydrogen (secondary N) is 1. The fourth-order valence-corrected chi connectivity index (χ4v) is 2.77. The van der Waals surface area contributed by atoms with Crippen LogP contribution in [0.1, 0.15) is 19.4 Å². The Kier molecular flexibility index (Phi) is 4.61.